The van der Waals surface area contributed by atoms with E-state index in [1.807, 2.05) is 37.4 Å². The van der Waals surface area contributed by atoms with Gasteiger partial charge in [-0.2, -0.15) is 24.9 Å². The van der Waals surface area contributed by atoms with Gasteiger partial charge in [0.15, 0.2) is 0 Å². The van der Waals surface area contributed by atoms with Gasteiger partial charge in [-0.05, 0) is 84.0 Å². The average Bonchev–Trinajstić information content (AvgIpc) is 3.45. The van der Waals surface area contributed by atoms with E-state index in [2.05, 4.69) is 5.32 Å². The zero-order valence-corrected chi connectivity index (χ0v) is 25.0. The molecule has 0 spiro atoms. The van der Waals surface area contributed by atoms with Gasteiger partial charge >= 0.3 is 31.0 Å². The third-order valence-electron chi connectivity index (χ3n) is 6.84. The summed E-state index contributed by atoms with van der Waals surface area (Å²) in [6, 6.07) is 19.6. The fourth-order valence-electron chi connectivity index (χ4n) is 4.66. The Kier molecular flexibility index (Phi) is 11.8. The number of hydrogen-bond donors (Lipinski definition) is 2. The molecule has 0 saturated heterocycles. The van der Waals surface area contributed by atoms with Crippen molar-refractivity contribution in [2.24, 2.45) is 0 Å². The van der Waals surface area contributed by atoms with Crippen LogP contribution >= 0.6 is 11.8 Å². The molecule has 1 aromatic heterocycles. The molecule has 222 valence electrons. The molecule has 3 aromatic carbocycles. The van der Waals surface area contributed by atoms with E-state index in [0.29, 0.717) is 28.2 Å². The molecule has 0 aliphatic rings. The minimum Gasteiger partial charge on any atom is -1.00 e. The number of carboxylic acids is 1. The van der Waals surface area contributed by atoms with E-state index in [-0.39, 0.29) is 38.0 Å². The number of carboxylic acid groups (broad SMARTS) is 1. The maximum atomic E-state index is 13.4. The molecule has 2 unspecified atom stereocenters. The molecule has 2 N–H and O–H groups in total. The van der Waals surface area contributed by atoms with Crippen LogP contribution in [0.3, 0.4) is 0 Å². The molecular formula is C32H31F3LiNO5S. The smallest absolute Gasteiger partial charge is 1.00 e. The molecule has 1 heterocycles. The number of ether oxygens (including phenoxy) is 1. The van der Waals surface area contributed by atoms with Gasteiger partial charge in [-0.1, -0.05) is 42.5 Å². The SMILES string of the molecule is COC(c1ccc(C(=O)NC(CCSC)C(=O)O)c(-c2ccccc2C)c1)c1ccc(-c2cccc(C(F)(F)F)c2)o1.[H-].[Li+]. The molecule has 4 aromatic rings. The number of benzene rings is 3. The van der Waals surface area contributed by atoms with E-state index in [0.717, 1.165) is 23.3 Å². The topological polar surface area (TPSA) is 88.8 Å². The van der Waals surface area contributed by atoms with Crippen molar-refractivity contribution in [3.05, 3.63) is 107 Å². The van der Waals surface area contributed by atoms with Crippen molar-refractivity contribution >= 4 is 23.6 Å². The first-order chi connectivity index (χ1) is 20.0. The first kappa shape index (κ1) is 34.1. The summed E-state index contributed by atoms with van der Waals surface area (Å²) in [6.07, 6.45) is -3.08. The fraction of sp³-hybridized carbons (Fsp3) is 0.250. The quantitative estimate of drug-likeness (QED) is 0.241. The van der Waals surface area contributed by atoms with Gasteiger partial charge in [-0.25, -0.2) is 4.79 Å². The molecule has 0 saturated carbocycles. The van der Waals surface area contributed by atoms with Crippen LogP contribution in [-0.2, 0) is 15.7 Å². The maximum Gasteiger partial charge on any atom is 1.00 e. The Balaban J connectivity index is 0.00000337. The van der Waals surface area contributed by atoms with Crippen LogP contribution in [0, 0.1) is 6.92 Å². The number of halogens is 3. The van der Waals surface area contributed by atoms with Crippen LogP contribution < -0.4 is 24.2 Å². The Labute approximate surface area is 265 Å². The van der Waals surface area contributed by atoms with Gasteiger partial charge in [-0.3, -0.25) is 4.79 Å². The van der Waals surface area contributed by atoms with Crippen molar-refractivity contribution in [2.45, 2.75) is 31.7 Å². The summed E-state index contributed by atoms with van der Waals surface area (Å²) in [6.45, 7) is 1.91. The van der Waals surface area contributed by atoms with E-state index in [9.17, 15) is 27.9 Å². The number of carbonyl (C=O) groups is 2. The third-order valence-corrected chi connectivity index (χ3v) is 7.48. The standard InChI is InChI=1S/C32H30F3NO5S.Li.H/c1-19-7-4-5-10-23(19)25-18-21(11-12-24(25)30(37)36-26(31(38)39)15-16-42-3)29(40-2)28-14-13-27(41-28)20-8-6-9-22(17-20)32(33,34)35;;/h4-14,17-18,26,29H,15-16H2,1-3H3,(H,36,37)(H,38,39);;/q;+1;-1. The monoisotopic (exact) mass is 605 g/mol. The van der Waals surface area contributed by atoms with Crippen molar-refractivity contribution < 1.29 is 57.3 Å². The first-order valence-electron chi connectivity index (χ1n) is 13.1. The maximum absolute atomic E-state index is 13.4. The van der Waals surface area contributed by atoms with E-state index >= 15 is 0 Å². The van der Waals surface area contributed by atoms with Gasteiger partial charge in [-0.15, -0.1) is 0 Å². The molecule has 0 bridgehead atoms. The van der Waals surface area contributed by atoms with E-state index in [1.54, 1.807) is 30.3 Å². The van der Waals surface area contributed by atoms with Crippen molar-refractivity contribution in [2.75, 3.05) is 19.1 Å². The van der Waals surface area contributed by atoms with E-state index < -0.39 is 35.8 Å². The molecule has 0 fully saturated rings. The summed E-state index contributed by atoms with van der Waals surface area (Å²) in [7, 11) is 1.48. The number of alkyl halides is 3. The number of thioether (sulfide) groups is 1. The Hall–Kier alpha value is -3.42. The van der Waals surface area contributed by atoms with Crippen LogP contribution in [0.25, 0.3) is 22.5 Å². The zero-order chi connectivity index (χ0) is 30.4. The average molecular weight is 606 g/mol. The molecule has 0 aliphatic carbocycles. The van der Waals surface area contributed by atoms with Gasteiger partial charge < -0.3 is 21.0 Å². The van der Waals surface area contributed by atoms with Crippen LogP contribution in [0.1, 0.15) is 46.8 Å². The molecule has 11 heteroatoms. The largest absolute Gasteiger partial charge is 1.00 e. The summed E-state index contributed by atoms with van der Waals surface area (Å²) in [5.41, 5.74) is 2.67. The van der Waals surface area contributed by atoms with Gasteiger partial charge in [0.1, 0.15) is 23.7 Å². The summed E-state index contributed by atoms with van der Waals surface area (Å²) in [5, 5.41) is 12.3. The second-order valence-electron chi connectivity index (χ2n) is 9.66. The first-order valence-corrected chi connectivity index (χ1v) is 14.5. The fourth-order valence-corrected chi connectivity index (χ4v) is 5.14. The predicted octanol–water partition coefficient (Wildman–Crippen LogP) is 4.73. The Morgan fingerprint density at radius 1 is 1.02 bits per heavy atom. The summed E-state index contributed by atoms with van der Waals surface area (Å²) >= 11 is 1.49. The minimum absolute atomic E-state index is 0. The number of hydrogen-bond acceptors (Lipinski definition) is 5. The van der Waals surface area contributed by atoms with Crippen LogP contribution in [0.4, 0.5) is 13.2 Å². The van der Waals surface area contributed by atoms with Crippen molar-refractivity contribution in [3.63, 3.8) is 0 Å². The second kappa shape index (κ2) is 14.8. The van der Waals surface area contributed by atoms with Crippen LogP contribution in [0.2, 0.25) is 0 Å². The molecule has 6 nitrogen and oxygen atoms in total. The number of carbonyl (C=O) groups excluding carboxylic acids is 1. The summed E-state index contributed by atoms with van der Waals surface area (Å²) < 4.78 is 51.5. The number of aliphatic carboxylic acids is 1. The number of aryl methyl sites for hydroxylation is 1. The summed E-state index contributed by atoms with van der Waals surface area (Å²) in [5.74, 6) is -0.450. The number of furan rings is 1. The van der Waals surface area contributed by atoms with Crippen LogP contribution in [-0.4, -0.2) is 42.1 Å². The second-order valence-corrected chi connectivity index (χ2v) is 10.6. The van der Waals surface area contributed by atoms with E-state index in [1.165, 1.54) is 31.0 Å². The van der Waals surface area contributed by atoms with Crippen molar-refractivity contribution in [1.29, 1.82) is 0 Å². The molecular weight excluding hydrogens is 574 g/mol. The Morgan fingerprint density at radius 2 is 1.77 bits per heavy atom. The number of amides is 1. The normalized spacial score (nSPS) is 12.7. The molecule has 4 rings (SSSR count). The van der Waals surface area contributed by atoms with Gasteiger partial charge in [0, 0.05) is 18.2 Å². The molecule has 2 atom stereocenters. The predicted molar refractivity (Wildman–Crippen MR) is 158 cm³/mol. The Bertz CT molecular complexity index is 1580. The molecule has 0 radical (unpaired) electrons. The van der Waals surface area contributed by atoms with Gasteiger partial charge in [0.05, 0.1) is 5.56 Å². The third kappa shape index (κ3) is 8.15. The molecule has 43 heavy (non-hydrogen) atoms. The molecule has 1 amide bonds. The number of nitrogens with one attached hydrogen (secondary N) is 1. The van der Waals surface area contributed by atoms with Gasteiger partial charge in [0.2, 0.25) is 0 Å². The Morgan fingerprint density at radius 3 is 2.42 bits per heavy atom. The van der Waals surface area contributed by atoms with E-state index in [4.69, 9.17) is 9.15 Å². The molecule has 0 aliphatic heterocycles. The van der Waals surface area contributed by atoms with Gasteiger partial charge in [0.25, 0.3) is 5.91 Å². The minimum atomic E-state index is -4.49. The van der Waals surface area contributed by atoms with Crippen molar-refractivity contribution in [3.8, 4) is 22.5 Å². The van der Waals surface area contributed by atoms with Crippen molar-refractivity contribution in [1.82, 2.24) is 5.32 Å². The van der Waals surface area contributed by atoms with Crippen LogP contribution in [0.15, 0.2) is 83.3 Å². The zero-order valence-electron chi connectivity index (χ0n) is 25.2. The summed E-state index contributed by atoms with van der Waals surface area (Å²) in [4.78, 5) is 25.2. The number of rotatable bonds is 11. The number of methoxy groups -OCH3 is 1. The van der Waals surface area contributed by atoms with Crippen LogP contribution in [0.5, 0.6) is 0 Å².